The van der Waals surface area contributed by atoms with Gasteiger partial charge >= 0.3 is 5.97 Å². The molecule has 0 saturated heterocycles. The third-order valence-electron chi connectivity index (χ3n) is 5.88. The first-order chi connectivity index (χ1) is 13.3. The zero-order valence-corrected chi connectivity index (χ0v) is 19.0. The summed E-state index contributed by atoms with van der Waals surface area (Å²) in [6.07, 6.45) is 15.6. The van der Waals surface area contributed by atoms with Gasteiger partial charge in [-0.1, -0.05) is 91.9 Å². The summed E-state index contributed by atoms with van der Waals surface area (Å²) in [7, 11) is 0. The smallest absolute Gasteiger partial charge is 0.303 e. The summed E-state index contributed by atoms with van der Waals surface area (Å²) in [5, 5.41) is 37.2. The monoisotopic (exact) mass is 404 g/mol. The van der Waals surface area contributed by atoms with Gasteiger partial charge in [-0.15, -0.1) is 0 Å². The number of aliphatic hydroxyl groups is 3. The van der Waals surface area contributed by atoms with Gasteiger partial charge < -0.3 is 20.4 Å². The molecule has 0 fully saturated rings. The maximum absolute atomic E-state index is 10.3. The zero-order valence-electron chi connectivity index (χ0n) is 19.0. The summed E-state index contributed by atoms with van der Waals surface area (Å²) >= 11 is 0. The van der Waals surface area contributed by atoms with Crippen LogP contribution in [0, 0.1) is 0 Å². The van der Waals surface area contributed by atoms with Gasteiger partial charge in [-0.3, -0.25) is 4.79 Å². The molecule has 4 N–H and O–H groups in total. The number of aliphatic carboxylic acids is 1. The van der Waals surface area contributed by atoms with Crippen molar-refractivity contribution >= 4 is 5.97 Å². The Morgan fingerprint density at radius 3 is 1.25 bits per heavy atom. The molecular weight excluding hydrogens is 356 g/mol. The van der Waals surface area contributed by atoms with Gasteiger partial charge in [0.1, 0.15) is 5.60 Å². The van der Waals surface area contributed by atoms with E-state index >= 15 is 0 Å². The molecule has 170 valence electrons. The van der Waals surface area contributed by atoms with E-state index < -0.39 is 17.2 Å². The fraction of sp³-hybridized carbons (Fsp3) is 0.957. The van der Waals surface area contributed by atoms with Crippen molar-refractivity contribution in [1.82, 2.24) is 0 Å². The molecule has 0 aliphatic carbocycles. The first kappa shape index (κ1) is 29.6. The summed E-state index contributed by atoms with van der Waals surface area (Å²) in [5.41, 5.74) is -2.51. The lowest BCUT2D eigenvalue weighted by Gasteiger charge is -2.41. The molecule has 0 heterocycles. The Morgan fingerprint density at radius 1 is 0.643 bits per heavy atom. The number of rotatable bonds is 17. The maximum atomic E-state index is 10.3. The molecule has 28 heavy (non-hydrogen) atoms. The minimum atomic E-state index is -1.35. The van der Waals surface area contributed by atoms with Crippen molar-refractivity contribution in [2.24, 2.45) is 0 Å². The van der Waals surface area contributed by atoms with Crippen LogP contribution in [0.3, 0.4) is 0 Å². The van der Waals surface area contributed by atoms with Crippen LogP contribution in [0.1, 0.15) is 124 Å². The van der Waals surface area contributed by atoms with E-state index in [4.69, 9.17) is 10.2 Å². The van der Waals surface area contributed by atoms with E-state index in [0.717, 1.165) is 12.8 Å². The molecule has 1 atom stereocenters. The summed E-state index contributed by atoms with van der Waals surface area (Å²) in [6, 6.07) is 0. The Balaban J connectivity index is 0. The van der Waals surface area contributed by atoms with Crippen molar-refractivity contribution in [1.29, 1.82) is 0 Å². The third kappa shape index (κ3) is 13.5. The van der Waals surface area contributed by atoms with Crippen LogP contribution in [-0.4, -0.2) is 44.2 Å². The quantitative estimate of drug-likeness (QED) is 0.242. The van der Waals surface area contributed by atoms with Crippen LogP contribution < -0.4 is 0 Å². The van der Waals surface area contributed by atoms with Crippen LogP contribution in [0.25, 0.3) is 0 Å². The lowest BCUT2D eigenvalue weighted by Crippen LogP contribution is -2.55. The van der Waals surface area contributed by atoms with E-state index in [1.54, 1.807) is 20.8 Å². The SMILES string of the molecule is CCC(O)(CC)C(O)(CC)CO.CCCCCCCCCCCCCC(=O)O. The Hall–Kier alpha value is -0.650. The topological polar surface area (TPSA) is 98.0 Å². The molecule has 0 aliphatic rings. The van der Waals surface area contributed by atoms with Gasteiger partial charge in [0.25, 0.3) is 0 Å². The van der Waals surface area contributed by atoms with Crippen molar-refractivity contribution in [2.45, 2.75) is 135 Å². The predicted molar refractivity (Wildman–Crippen MR) is 117 cm³/mol. The van der Waals surface area contributed by atoms with Gasteiger partial charge in [-0.25, -0.2) is 0 Å². The molecule has 0 spiro atoms. The van der Waals surface area contributed by atoms with Gasteiger partial charge in [0.05, 0.1) is 12.2 Å². The highest BCUT2D eigenvalue weighted by molar-refractivity contribution is 5.66. The Labute approximate surface area is 173 Å². The van der Waals surface area contributed by atoms with Crippen molar-refractivity contribution in [3.05, 3.63) is 0 Å². The molecule has 5 heteroatoms. The highest BCUT2D eigenvalue weighted by Crippen LogP contribution is 2.31. The molecule has 5 nitrogen and oxygen atoms in total. The fourth-order valence-electron chi connectivity index (χ4n) is 3.44. The second-order valence-corrected chi connectivity index (χ2v) is 7.96. The van der Waals surface area contributed by atoms with Crippen molar-refractivity contribution in [3.63, 3.8) is 0 Å². The van der Waals surface area contributed by atoms with E-state index in [9.17, 15) is 15.0 Å². The second kappa shape index (κ2) is 18.4. The van der Waals surface area contributed by atoms with E-state index in [2.05, 4.69) is 6.92 Å². The summed E-state index contributed by atoms with van der Waals surface area (Å²) in [6.45, 7) is 7.23. The molecule has 0 radical (unpaired) electrons. The summed E-state index contributed by atoms with van der Waals surface area (Å²) in [5.74, 6) is -0.657. The summed E-state index contributed by atoms with van der Waals surface area (Å²) in [4.78, 5) is 10.3. The van der Waals surface area contributed by atoms with E-state index in [-0.39, 0.29) is 6.61 Å². The van der Waals surface area contributed by atoms with Gasteiger partial charge in [0.15, 0.2) is 0 Å². The molecule has 1 unspecified atom stereocenters. The number of carboxylic acid groups (broad SMARTS) is 1. The molecule has 0 saturated carbocycles. The van der Waals surface area contributed by atoms with Gasteiger partial charge in [-0.05, 0) is 25.7 Å². The van der Waals surface area contributed by atoms with Crippen LogP contribution in [0.4, 0.5) is 0 Å². The number of carboxylic acids is 1. The number of aliphatic hydroxyl groups excluding tert-OH is 1. The largest absolute Gasteiger partial charge is 0.481 e. The molecule has 0 aromatic carbocycles. The molecule has 0 aromatic rings. The fourth-order valence-corrected chi connectivity index (χ4v) is 3.44. The first-order valence-electron chi connectivity index (χ1n) is 11.5. The molecule has 0 aliphatic heterocycles. The van der Waals surface area contributed by atoms with Crippen LogP contribution >= 0.6 is 0 Å². The van der Waals surface area contributed by atoms with Crippen LogP contribution in [0.2, 0.25) is 0 Å². The van der Waals surface area contributed by atoms with E-state index in [0.29, 0.717) is 25.7 Å². The average molecular weight is 405 g/mol. The van der Waals surface area contributed by atoms with Crippen LogP contribution in [0.15, 0.2) is 0 Å². The highest BCUT2D eigenvalue weighted by Gasteiger charge is 2.44. The standard InChI is InChI=1S/C14H28O2.C9H20O3/c1-2-3-4-5-6-7-8-9-10-11-12-13-14(15)16;1-4-8(11,5-2)9(12,6-3)7-10/h2-13H2,1H3,(H,15,16);10-12H,4-7H2,1-3H3. The number of hydrogen-bond donors (Lipinski definition) is 4. The van der Waals surface area contributed by atoms with Crippen LogP contribution in [0.5, 0.6) is 0 Å². The third-order valence-corrected chi connectivity index (χ3v) is 5.88. The second-order valence-electron chi connectivity index (χ2n) is 7.96. The Bertz CT molecular complexity index is 333. The molecule has 0 bridgehead atoms. The summed E-state index contributed by atoms with van der Waals surface area (Å²) < 4.78 is 0. The number of hydrogen-bond acceptors (Lipinski definition) is 4. The molecular formula is C23H48O5. The normalized spacial score (nSPS) is 13.5. The molecule has 0 aromatic heterocycles. The van der Waals surface area contributed by atoms with Gasteiger partial charge in [-0.2, -0.15) is 0 Å². The minimum Gasteiger partial charge on any atom is -0.481 e. The molecule has 0 rings (SSSR count). The lowest BCUT2D eigenvalue weighted by atomic mass is 9.77. The first-order valence-corrected chi connectivity index (χ1v) is 11.5. The maximum Gasteiger partial charge on any atom is 0.303 e. The highest BCUT2D eigenvalue weighted by atomic mass is 16.4. The number of carbonyl (C=O) groups is 1. The van der Waals surface area contributed by atoms with Crippen molar-refractivity contribution in [2.75, 3.05) is 6.61 Å². The zero-order chi connectivity index (χ0) is 21.9. The van der Waals surface area contributed by atoms with E-state index in [1.165, 1.54) is 57.8 Å². The Kier molecular flexibility index (Phi) is 19.4. The van der Waals surface area contributed by atoms with Crippen molar-refractivity contribution in [3.8, 4) is 0 Å². The molecule has 0 amide bonds. The predicted octanol–water partition coefficient (Wildman–Crippen LogP) is 5.44. The van der Waals surface area contributed by atoms with Crippen molar-refractivity contribution < 1.29 is 25.2 Å². The van der Waals surface area contributed by atoms with Gasteiger partial charge in [0.2, 0.25) is 0 Å². The lowest BCUT2D eigenvalue weighted by molar-refractivity contribution is -0.176. The Morgan fingerprint density at radius 2 is 1.00 bits per heavy atom. The number of unbranched alkanes of at least 4 members (excludes halogenated alkanes) is 10. The van der Waals surface area contributed by atoms with Gasteiger partial charge in [0, 0.05) is 6.42 Å². The van der Waals surface area contributed by atoms with Crippen LogP contribution in [-0.2, 0) is 4.79 Å². The van der Waals surface area contributed by atoms with E-state index in [1.807, 2.05) is 0 Å². The average Bonchev–Trinajstić information content (AvgIpc) is 2.70. The minimum absolute atomic E-state index is 0.344.